The van der Waals surface area contributed by atoms with Gasteiger partial charge >= 0.3 is 0 Å². The van der Waals surface area contributed by atoms with Crippen LogP contribution < -0.4 is 5.32 Å². The monoisotopic (exact) mass is 268 g/mol. The maximum Gasteiger partial charge on any atom is 0.126 e. The fourth-order valence-electron chi connectivity index (χ4n) is 2.09. The number of pyridine rings is 1. The summed E-state index contributed by atoms with van der Waals surface area (Å²) in [6.45, 7) is 0. The first-order valence-electron chi connectivity index (χ1n) is 5.73. The Morgan fingerprint density at radius 3 is 2.47 bits per heavy atom. The van der Waals surface area contributed by atoms with E-state index in [9.17, 15) is 0 Å². The fourth-order valence-corrected chi connectivity index (χ4v) is 2.33. The first-order valence-corrected chi connectivity index (χ1v) is 6.52. The van der Waals surface area contributed by atoms with E-state index in [0.717, 1.165) is 10.3 Å². The molecule has 0 aromatic carbocycles. The lowest BCUT2D eigenvalue weighted by molar-refractivity contribution is 0.617. The molecule has 1 aliphatic carbocycles. The third-order valence-corrected chi connectivity index (χ3v) is 3.40. The zero-order chi connectivity index (χ0) is 10.5. The zero-order valence-corrected chi connectivity index (χ0v) is 10.5. The molecule has 1 heterocycles. The normalized spacial score (nSPS) is 18.5. The van der Waals surface area contributed by atoms with Crippen LogP contribution in [0.2, 0.25) is 0 Å². The number of hydrogen-bond donors (Lipinski definition) is 1. The van der Waals surface area contributed by atoms with Crippen molar-refractivity contribution in [2.45, 2.75) is 44.6 Å². The molecular formula is C12H17BrN2. The van der Waals surface area contributed by atoms with Gasteiger partial charge in [-0.15, -0.1) is 0 Å². The Kier molecular flexibility index (Phi) is 4.01. The van der Waals surface area contributed by atoms with Gasteiger partial charge < -0.3 is 5.32 Å². The molecule has 0 amide bonds. The van der Waals surface area contributed by atoms with Gasteiger partial charge in [0.1, 0.15) is 5.82 Å². The van der Waals surface area contributed by atoms with E-state index in [-0.39, 0.29) is 0 Å². The third-order valence-electron chi connectivity index (χ3n) is 2.93. The highest BCUT2D eigenvalue weighted by Gasteiger charge is 2.11. The highest BCUT2D eigenvalue weighted by Crippen LogP contribution is 2.20. The largest absolute Gasteiger partial charge is 0.367 e. The Hall–Kier alpha value is -0.570. The molecule has 0 atom stereocenters. The lowest BCUT2D eigenvalue weighted by Crippen LogP contribution is -2.18. The molecule has 0 aliphatic heterocycles. The third kappa shape index (κ3) is 3.49. The highest BCUT2D eigenvalue weighted by molar-refractivity contribution is 9.10. The summed E-state index contributed by atoms with van der Waals surface area (Å²) in [5.41, 5.74) is 0. The number of halogens is 1. The van der Waals surface area contributed by atoms with Gasteiger partial charge in [0.15, 0.2) is 0 Å². The van der Waals surface area contributed by atoms with Crippen molar-refractivity contribution in [1.82, 2.24) is 4.98 Å². The molecular weight excluding hydrogens is 252 g/mol. The van der Waals surface area contributed by atoms with Crippen LogP contribution in [-0.2, 0) is 0 Å². The van der Waals surface area contributed by atoms with Crippen LogP contribution in [0.3, 0.4) is 0 Å². The molecule has 0 saturated heterocycles. The standard InChI is InChI=1S/C12H17BrN2/c13-10-7-8-12(14-9-10)15-11-5-3-1-2-4-6-11/h7-9,11H,1-6H2,(H,14,15). The molecule has 1 fully saturated rings. The predicted molar refractivity (Wildman–Crippen MR) is 67.0 cm³/mol. The van der Waals surface area contributed by atoms with E-state index in [4.69, 9.17) is 0 Å². The second-order valence-electron chi connectivity index (χ2n) is 4.19. The van der Waals surface area contributed by atoms with E-state index in [1.165, 1.54) is 38.5 Å². The van der Waals surface area contributed by atoms with Crippen LogP contribution in [0.5, 0.6) is 0 Å². The summed E-state index contributed by atoms with van der Waals surface area (Å²) >= 11 is 3.39. The minimum Gasteiger partial charge on any atom is -0.367 e. The molecule has 2 nitrogen and oxygen atoms in total. The van der Waals surface area contributed by atoms with Crippen LogP contribution in [0, 0.1) is 0 Å². The van der Waals surface area contributed by atoms with Gasteiger partial charge in [-0.1, -0.05) is 25.7 Å². The number of rotatable bonds is 2. The van der Waals surface area contributed by atoms with Crippen molar-refractivity contribution < 1.29 is 0 Å². The van der Waals surface area contributed by atoms with Crippen LogP contribution in [0.1, 0.15) is 38.5 Å². The van der Waals surface area contributed by atoms with Gasteiger partial charge in [-0.25, -0.2) is 4.98 Å². The van der Waals surface area contributed by atoms with E-state index in [1.807, 2.05) is 18.3 Å². The number of hydrogen-bond acceptors (Lipinski definition) is 2. The smallest absolute Gasteiger partial charge is 0.126 e. The molecule has 0 spiro atoms. The van der Waals surface area contributed by atoms with Crippen molar-refractivity contribution >= 4 is 21.7 Å². The number of nitrogens with one attached hydrogen (secondary N) is 1. The van der Waals surface area contributed by atoms with Crippen molar-refractivity contribution in [2.24, 2.45) is 0 Å². The Morgan fingerprint density at radius 1 is 1.13 bits per heavy atom. The van der Waals surface area contributed by atoms with Crippen LogP contribution in [0.15, 0.2) is 22.8 Å². The van der Waals surface area contributed by atoms with Crippen molar-refractivity contribution in [1.29, 1.82) is 0 Å². The molecule has 1 saturated carbocycles. The van der Waals surface area contributed by atoms with E-state index in [1.54, 1.807) is 0 Å². The molecule has 0 unspecified atom stereocenters. The molecule has 1 aromatic heterocycles. The first kappa shape index (κ1) is 10.9. The van der Waals surface area contributed by atoms with Crippen LogP contribution in [0.25, 0.3) is 0 Å². The Morgan fingerprint density at radius 2 is 1.87 bits per heavy atom. The van der Waals surface area contributed by atoms with Crippen molar-refractivity contribution in [3.63, 3.8) is 0 Å². The summed E-state index contributed by atoms with van der Waals surface area (Å²) in [6.07, 6.45) is 9.93. The Bertz CT molecular complexity index is 289. The Labute approximate surface area is 99.6 Å². The van der Waals surface area contributed by atoms with Gasteiger partial charge in [-0.05, 0) is 40.9 Å². The second-order valence-corrected chi connectivity index (χ2v) is 5.11. The SMILES string of the molecule is Brc1ccc(NC2CCCCCC2)nc1. The maximum absolute atomic E-state index is 4.34. The van der Waals surface area contributed by atoms with Crippen molar-refractivity contribution in [2.75, 3.05) is 5.32 Å². The molecule has 2 rings (SSSR count). The Balaban J connectivity index is 1.92. The number of nitrogens with zero attached hydrogens (tertiary/aromatic N) is 1. The minimum atomic E-state index is 0.626. The van der Waals surface area contributed by atoms with Gasteiger partial charge in [0.2, 0.25) is 0 Å². The van der Waals surface area contributed by atoms with Gasteiger partial charge in [-0.2, -0.15) is 0 Å². The van der Waals surface area contributed by atoms with Gasteiger partial charge in [-0.3, -0.25) is 0 Å². The molecule has 0 radical (unpaired) electrons. The van der Waals surface area contributed by atoms with E-state index in [0.29, 0.717) is 6.04 Å². The average molecular weight is 269 g/mol. The number of anilines is 1. The van der Waals surface area contributed by atoms with Gasteiger partial charge in [0.25, 0.3) is 0 Å². The van der Waals surface area contributed by atoms with Gasteiger partial charge in [0, 0.05) is 16.7 Å². The molecule has 15 heavy (non-hydrogen) atoms. The summed E-state index contributed by atoms with van der Waals surface area (Å²) in [5, 5.41) is 3.52. The lowest BCUT2D eigenvalue weighted by Gasteiger charge is -2.16. The summed E-state index contributed by atoms with van der Waals surface area (Å²) in [6, 6.07) is 4.70. The summed E-state index contributed by atoms with van der Waals surface area (Å²) < 4.78 is 1.04. The van der Waals surface area contributed by atoms with E-state index < -0.39 is 0 Å². The van der Waals surface area contributed by atoms with Crippen LogP contribution >= 0.6 is 15.9 Å². The molecule has 0 bridgehead atoms. The van der Waals surface area contributed by atoms with Gasteiger partial charge in [0.05, 0.1) is 0 Å². The fraction of sp³-hybridized carbons (Fsp3) is 0.583. The zero-order valence-electron chi connectivity index (χ0n) is 8.88. The van der Waals surface area contributed by atoms with Crippen molar-refractivity contribution in [3.05, 3.63) is 22.8 Å². The van der Waals surface area contributed by atoms with Crippen LogP contribution in [-0.4, -0.2) is 11.0 Å². The summed E-state index contributed by atoms with van der Waals surface area (Å²) in [4.78, 5) is 4.34. The predicted octanol–water partition coefficient (Wildman–Crippen LogP) is 3.98. The second kappa shape index (κ2) is 5.50. The van der Waals surface area contributed by atoms with E-state index in [2.05, 4.69) is 26.2 Å². The summed E-state index contributed by atoms with van der Waals surface area (Å²) in [7, 11) is 0. The maximum atomic E-state index is 4.34. The quantitative estimate of drug-likeness (QED) is 0.821. The highest BCUT2D eigenvalue weighted by atomic mass is 79.9. The molecule has 1 N–H and O–H groups in total. The summed E-state index contributed by atoms with van der Waals surface area (Å²) in [5.74, 6) is 1.00. The molecule has 3 heteroatoms. The van der Waals surface area contributed by atoms with Crippen molar-refractivity contribution in [3.8, 4) is 0 Å². The minimum absolute atomic E-state index is 0.626. The topological polar surface area (TPSA) is 24.9 Å². The average Bonchev–Trinajstić information content (AvgIpc) is 2.50. The van der Waals surface area contributed by atoms with E-state index >= 15 is 0 Å². The first-order chi connectivity index (χ1) is 7.34. The molecule has 1 aromatic rings. The molecule has 82 valence electrons. The number of aromatic nitrogens is 1. The molecule has 1 aliphatic rings. The lowest BCUT2D eigenvalue weighted by atomic mass is 10.1. The van der Waals surface area contributed by atoms with Crippen LogP contribution in [0.4, 0.5) is 5.82 Å².